The third kappa shape index (κ3) is 3.54. The average Bonchev–Trinajstić information content (AvgIpc) is 3.54. The van der Waals surface area contributed by atoms with Gasteiger partial charge in [-0.05, 0) is 80.9 Å². The van der Waals surface area contributed by atoms with Gasteiger partial charge in [0, 0.05) is 17.1 Å². The number of primary amides is 1. The molecule has 2 unspecified atom stereocenters. The van der Waals surface area contributed by atoms with Gasteiger partial charge in [0.2, 0.25) is 11.7 Å². The van der Waals surface area contributed by atoms with Crippen molar-refractivity contribution >= 4 is 23.2 Å². The number of aromatic hydroxyl groups is 1. The van der Waals surface area contributed by atoms with Gasteiger partial charge in [0.1, 0.15) is 28.9 Å². The molecule has 2 heterocycles. The Morgan fingerprint density at radius 3 is 2.55 bits per heavy atom. The fraction of sp³-hybridized carbons (Fsp3) is 0.464. The van der Waals surface area contributed by atoms with Gasteiger partial charge < -0.3 is 30.6 Å². The van der Waals surface area contributed by atoms with Crippen molar-refractivity contribution < 1.29 is 39.2 Å². The van der Waals surface area contributed by atoms with Crippen LogP contribution in [0.1, 0.15) is 42.6 Å². The first-order chi connectivity index (χ1) is 18.1. The van der Waals surface area contributed by atoms with Crippen LogP contribution in [0.4, 0.5) is 0 Å². The molecule has 5 atom stereocenters. The number of likely N-dealkylation sites (tertiary alicyclic amines) is 1. The molecule has 10 nitrogen and oxygen atoms in total. The molecule has 1 aromatic heterocycles. The Hall–Kier alpha value is -3.47. The summed E-state index contributed by atoms with van der Waals surface area (Å²) in [5.74, 6) is -5.93. The molecule has 2 saturated carbocycles. The number of carbonyl (C=O) groups is 3. The highest BCUT2D eigenvalue weighted by Crippen LogP contribution is 2.52. The van der Waals surface area contributed by atoms with Crippen molar-refractivity contribution in [1.82, 2.24) is 4.90 Å². The largest absolute Gasteiger partial charge is 0.507 e. The fourth-order valence-electron chi connectivity index (χ4n) is 6.92. The van der Waals surface area contributed by atoms with Gasteiger partial charge in [-0.2, -0.15) is 0 Å². The first-order valence-corrected chi connectivity index (χ1v) is 13.0. The SMILES string of the molecule is NC(=O)C1C(=O)[C@@]2(O)C(=O)C3=C(O)c4c(O)ccc(-c5ccc(CN6CCCC6)o5)c4C[C@H]3C[C@H]2CC1O. The number of nitrogens with two attached hydrogens (primary N) is 1. The van der Waals surface area contributed by atoms with Gasteiger partial charge in [-0.15, -0.1) is 0 Å². The van der Waals surface area contributed by atoms with Crippen molar-refractivity contribution in [2.75, 3.05) is 13.1 Å². The number of aliphatic hydroxyl groups is 3. The number of phenols is 1. The number of ketones is 2. The van der Waals surface area contributed by atoms with Crippen LogP contribution in [-0.4, -0.2) is 67.6 Å². The minimum atomic E-state index is -2.59. The predicted molar refractivity (Wildman–Crippen MR) is 133 cm³/mol. The van der Waals surface area contributed by atoms with Crippen LogP contribution >= 0.6 is 0 Å². The van der Waals surface area contributed by atoms with Crippen molar-refractivity contribution in [1.29, 1.82) is 0 Å². The molecule has 3 aliphatic carbocycles. The zero-order valence-electron chi connectivity index (χ0n) is 20.7. The number of benzene rings is 1. The molecule has 0 radical (unpaired) electrons. The summed E-state index contributed by atoms with van der Waals surface area (Å²) in [6, 6.07) is 6.87. The number of furan rings is 1. The monoisotopic (exact) mass is 522 g/mol. The molecule has 1 saturated heterocycles. The van der Waals surface area contributed by atoms with E-state index >= 15 is 0 Å². The molecule has 2 aromatic rings. The molecule has 0 bridgehead atoms. The van der Waals surface area contributed by atoms with Gasteiger partial charge in [0.05, 0.1) is 18.2 Å². The normalized spacial score (nSPS) is 31.2. The second kappa shape index (κ2) is 8.79. The maximum atomic E-state index is 13.6. The van der Waals surface area contributed by atoms with E-state index in [1.54, 1.807) is 6.07 Å². The summed E-state index contributed by atoms with van der Waals surface area (Å²) >= 11 is 0. The van der Waals surface area contributed by atoms with Crippen molar-refractivity contribution in [2.24, 2.45) is 23.5 Å². The standard InChI is InChI=1S/C28H30N2O8/c29-27(36)23-19(32)11-14-9-13-10-17-16(20-6-3-15(38-20)12-30-7-1-2-8-30)4-5-18(31)22(17)24(33)21(13)25(34)28(14,37)26(23)35/h3-6,13-14,19,23,31-33,37H,1-2,7-12H2,(H2,29,36)/t13-,14+,19?,23?,28+/m1/s1. The molecule has 1 aromatic carbocycles. The lowest BCUT2D eigenvalue weighted by Crippen LogP contribution is -2.66. The zero-order valence-corrected chi connectivity index (χ0v) is 20.7. The van der Waals surface area contributed by atoms with Crippen LogP contribution in [0.25, 0.3) is 17.1 Å². The van der Waals surface area contributed by atoms with Crippen LogP contribution in [0.15, 0.2) is 34.3 Å². The van der Waals surface area contributed by atoms with Crippen LogP contribution in [0.3, 0.4) is 0 Å². The third-order valence-corrected chi connectivity index (χ3v) is 8.77. The minimum absolute atomic E-state index is 0.0522. The zero-order chi connectivity index (χ0) is 26.9. The number of carbonyl (C=O) groups excluding carboxylic acids is 3. The van der Waals surface area contributed by atoms with Crippen LogP contribution in [0.5, 0.6) is 5.75 Å². The third-order valence-electron chi connectivity index (χ3n) is 8.77. The summed E-state index contributed by atoms with van der Waals surface area (Å²) in [4.78, 5) is 40.9. The number of Topliss-reactive ketones (excluding diaryl/α,β-unsaturated/α-hetero) is 2. The quantitative estimate of drug-likeness (QED) is 0.372. The second-order valence-corrected chi connectivity index (χ2v) is 11.0. The molecular weight excluding hydrogens is 492 g/mol. The number of fused-ring (bicyclic) bond motifs is 3. The van der Waals surface area contributed by atoms with Crippen molar-refractivity contribution in [2.45, 2.75) is 50.4 Å². The number of nitrogens with zero attached hydrogens (tertiary/aromatic N) is 1. The van der Waals surface area contributed by atoms with Crippen molar-refractivity contribution in [3.8, 4) is 17.1 Å². The van der Waals surface area contributed by atoms with E-state index < -0.39 is 52.7 Å². The van der Waals surface area contributed by atoms with E-state index in [4.69, 9.17) is 10.2 Å². The van der Waals surface area contributed by atoms with Gasteiger partial charge in [0.25, 0.3) is 0 Å². The van der Waals surface area contributed by atoms with Crippen LogP contribution in [0.2, 0.25) is 0 Å². The Kier molecular flexibility index (Phi) is 5.75. The first-order valence-electron chi connectivity index (χ1n) is 13.0. The molecular formula is C28H30N2O8. The summed E-state index contributed by atoms with van der Waals surface area (Å²) in [7, 11) is 0. The van der Waals surface area contributed by atoms with Gasteiger partial charge in [-0.3, -0.25) is 19.3 Å². The van der Waals surface area contributed by atoms with E-state index in [0.29, 0.717) is 23.4 Å². The van der Waals surface area contributed by atoms with E-state index in [1.165, 1.54) is 6.07 Å². The number of phenolic OH excluding ortho intramolecular Hbond substituents is 1. The lowest BCUT2D eigenvalue weighted by atomic mass is 9.56. The summed E-state index contributed by atoms with van der Waals surface area (Å²) in [6.45, 7) is 2.73. The molecule has 0 spiro atoms. The lowest BCUT2D eigenvalue weighted by molar-refractivity contribution is -0.174. The Bertz CT molecular complexity index is 1390. The highest BCUT2D eigenvalue weighted by atomic mass is 16.3. The highest BCUT2D eigenvalue weighted by molar-refractivity contribution is 6.24. The topological polar surface area (TPSA) is 175 Å². The summed E-state index contributed by atoms with van der Waals surface area (Å²) in [6.07, 6.45) is 1.10. The van der Waals surface area contributed by atoms with Gasteiger partial charge in [-0.1, -0.05) is 0 Å². The van der Waals surface area contributed by atoms with E-state index in [-0.39, 0.29) is 36.1 Å². The predicted octanol–water partition coefficient (Wildman–Crippen LogP) is 1.44. The fourth-order valence-corrected chi connectivity index (χ4v) is 6.92. The Labute approximate surface area is 218 Å². The number of hydrogen-bond acceptors (Lipinski definition) is 9. The molecule has 200 valence electrons. The first kappa shape index (κ1) is 24.8. The maximum absolute atomic E-state index is 13.6. The van der Waals surface area contributed by atoms with E-state index in [1.807, 2.05) is 12.1 Å². The van der Waals surface area contributed by atoms with E-state index in [9.17, 15) is 34.8 Å². The van der Waals surface area contributed by atoms with E-state index in [2.05, 4.69) is 4.90 Å². The van der Waals surface area contributed by atoms with Crippen LogP contribution in [0, 0.1) is 17.8 Å². The molecule has 10 heteroatoms. The Balaban J connectivity index is 1.41. The lowest BCUT2D eigenvalue weighted by Gasteiger charge is -2.48. The van der Waals surface area contributed by atoms with Gasteiger partial charge in [-0.25, -0.2) is 0 Å². The summed E-state index contributed by atoms with van der Waals surface area (Å²) in [5.41, 5.74) is 3.85. The maximum Gasteiger partial charge on any atom is 0.230 e. The number of aliphatic hydroxyl groups excluding tert-OH is 2. The number of hydrogen-bond donors (Lipinski definition) is 5. The van der Waals surface area contributed by atoms with Crippen molar-refractivity contribution in [3.05, 3.63) is 46.7 Å². The summed E-state index contributed by atoms with van der Waals surface area (Å²) < 4.78 is 6.14. The molecule has 1 aliphatic heterocycles. The van der Waals surface area contributed by atoms with Crippen molar-refractivity contribution in [3.63, 3.8) is 0 Å². The Morgan fingerprint density at radius 2 is 1.84 bits per heavy atom. The number of amides is 1. The van der Waals surface area contributed by atoms with E-state index in [0.717, 1.165) is 31.7 Å². The van der Waals surface area contributed by atoms with Gasteiger partial charge >= 0.3 is 0 Å². The number of rotatable bonds is 4. The highest BCUT2D eigenvalue weighted by Gasteiger charge is 2.64. The second-order valence-electron chi connectivity index (χ2n) is 11.0. The molecule has 6 rings (SSSR count). The van der Waals surface area contributed by atoms with Crippen LogP contribution in [-0.2, 0) is 27.3 Å². The smallest absolute Gasteiger partial charge is 0.230 e. The molecule has 6 N–H and O–H groups in total. The Morgan fingerprint density at radius 1 is 1.11 bits per heavy atom. The average molecular weight is 523 g/mol. The molecule has 3 fully saturated rings. The van der Waals surface area contributed by atoms with Crippen LogP contribution < -0.4 is 5.73 Å². The summed E-state index contributed by atoms with van der Waals surface area (Å²) in [5, 5.41) is 43.8. The molecule has 38 heavy (non-hydrogen) atoms. The van der Waals surface area contributed by atoms with Gasteiger partial charge in [0.15, 0.2) is 11.4 Å². The molecule has 1 amide bonds. The molecule has 4 aliphatic rings. The minimum Gasteiger partial charge on any atom is -0.507 e.